The summed E-state index contributed by atoms with van der Waals surface area (Å²) in [7, 11) is 0. The van der Waals surface area contributed by atoms with Crippen molar-refractivity contribution in [1.29, 1.82) is 0 Å². The standard InChI is InChI=1S/C15H24BrNO8/c16-4-6-22-8-10-24-12-11-23-9-7-21-5-3-15(20)25-17-13(18)1-2-14(17)19/h1-12H2. The first-order chi connectivity index (χ1) is 12.1. The Kier molecular flexibility index (Phi) is 12.4. The third kappa shape index (κ3) is 10.5. The van der Waals surface area contributed by atoms with Crippen molar-refractivity contribution in [2.75, 3.05) is 58.2 Å². The molecule has 1 saturated heterocycles. The molecular weight excluding hydrogens is 402 g/mol. The van der Waals surface area contributed by atoms with Crippen molar-refractivity contribution in [3.8, 4) is 0 Å². The van der Waals surface area contributed by atoms with Crippen LogP contribution in [0.4, 0.5) is 0 Å². The van der Waals surface area contributed by atoms with Crippen LogP contribution in [0.25, 0.3) is 0 Å². The zero-order chi connectivity index (χ0) is 18.3. The van der Waals surface area contributed by atoms with Gasteiger partial charge in [0.1, 0.15) is 0 Å². The lowest BCUT2D eigenvalue weighted by molar-refractivity contribution is -0.198. The van der Waals surface area contributed by atoms with Gasteiger partial charge in [-0.05, 0) is 0 Å². The molecule has 2 amide bonds. The molecule has 0 unspecified atom stereocenters. The van der Waals surface area contributed by atoms with Crippen molar-refractivity contribution in [3.05, 3.63) is 0 Å². The SMILES string of the molecule is O=C(CCOCCOCCOCCOCCBr)ON1C(=O)CCC1=O. The highest BCUT2D eigenvalue weighted by molar-refractivity contribution is 9.09. The van der Waals surface area contributed by atoms with E-state index >= 15 is 0 Å². The molecule has 1 fully saturated rings. The van der Waals surface area contributed by atoms with Crippen LogP contribution in [0, 0.1) is 0 Å². The lowest BCUT2D eigenvalue weighted by atomic mass is 10.4. The number of nitrogens with zero attached hydrogens (tertiary/aromatic N) is 1. The van der Waals surface area contributed by atoms with Crippen LogP contribution >= 0.6 is 15.9 Å². The van der Waals surface area contributed by atoms with Gasteiger partial charge in [0.2, 0.25) is 0 Å². The Morgan fingerprint density at radius 1 is 0.800 bits per heavy atom. The summed E-state index contributed by atoms with van der Waals surface area (Å²) in [5.74, 6) is -1.67. The zero-order valence-electron chi connectivity index (χ0n) is 14.1. The molecule has 0 aromatic heterocycles. The predicted octanol–water partition coefficient (Wildman–Crippen LogP) is 0.445. The Bertz CT molecular complexity index is 404. The second-order valence-electron chi connectivity index (χ2n) is 4.93. The Morgan fingerprint density at radius 2 is 1.24 bits per heavy atom. The first kappa shape index (κ1) is 22.0. The van der Waals surface area contributed by atoms with E-state index in [1.165, 1.54) is 0 Å². The van der Waals surface area contributed by atoms with Crippen LogP contribution in [0.2, 0.25) is 0 Å². The van der Waals surface area contributed by atoms with Gasteiger partial charge in [-0.2, -0.15) is 0 Å². The highest BCUT2D eigenvalue weighted by Crippen LogP contribution is 2.12. The largest absolute Gasteiger partial charge is 0.378 e. The van der Waals surface area contributed by atoms with Crippen molar-refractivity contribution < 1.29 is 38.2 Å². The number of amides is 2. The van der Waals surface area contributed by atoms with Gasteiger partial charge >= 0.3 is 5.97 Å². The first-order valence-corrected chi connectivity index (χ1v) is 9.21. The minimum atomic E-state index is -0.681. The summed E-state index contributed by atoms with van der Waals surface area (Å²) in [6.45, 7) is 3.49. The van der Waals surface area contributed by atoms with Crippen molar-refractivity contribution >= 4 is 33.7 Å². The van der Waals surface area contributed by atoms with E-state index in [1.807, 2.05) is 0 Å². The molecule has 0 saturated carbocycles. The molecule has 0 atom stereocenters. The maximum Gasteiger partial charge on any atom is 0.335 e. The predicted molar refractivity (Wildman–Crippen MR) is 88.9 cm³/mol. The molecule has 0 aliphatic carbocycles. The van der Waals surface area contributed by atoms with Crippen molar-refractivity contribution in [2.24, 2.45) is 0 Å². The van der Waals surface area contributed by atoms with Gasteiger partial charge in [-0.25, -0.2) is 4.79 Å². The lowest BCUT2D eigenvalue weighted by Gasteiger charge is -2.12. The number of halogens is 1. The zero-order valence-corrected chi connectivity index (χ0v) is 15.7. The normalized spacial score (nSPS) is 14.4. The first-order valence-electron chi connectivity index (χ1n) is 8.08. The highest BCUT2D eigenvalue weighted by Gasteiger charge is 2.32. The monoisotopic (exact) mass is 425 g/mol. The molecule has 0 aromatic carbocycles. The van der Waals surface area contributed by atoms with E-state index in [1.54, 1.807) is 0 Å². The minimum absolute atomic E-state index is 0.0471. The van der Waals surface area contributed by atoms with E-state index in [-0.39, 0.29) is 25.9 Å². The van der Waals surface area contributed by atoms with Crippen LogP contribution in [-0.2, 0) is 38.2 Å². The molecule has 1 aliphatic heterocycles. The number of rotatable bonds is 15. The number of hydrogen-bond acceptors (Lipinski definition) is 8. The van der Waals surface area contributed by atoms with Gasteiger partial charge in [0, 0.05) is 18.2 Å². The molecule has 0 aromatic rings. The average Bonchev–Trinajstić information content (AvgIpc) is 2.91. The summed E-state index contributed by atoms with van der Waals surface area (Å²) in [5.41, 5.74) is 0. The number of carbonyl (C=O) groups is 3. The minimum Gasteiger partial charge on any atom is -0.378 e. The summed E-state index contributed by atoms with van der Waals surface area (Å²) >= 11 is 3.26. The number of ether oxygens (including phenoxy) is 4. The maximum absolute atomic E-state index is 11.5. The van der Waals surface area contributed by atoms with Crippen LogP contribution < -0.4 is 0 Å². The van der Waals surface area contributed by atoms with Crippen LogP contribution in [0.15, 0.2) is 0 Å². The fourth-order valence-electron chi connectivity index (χ4n) is 1.78. The van der Waals surface area contributed by atoms with Crippen LogP contribution in [0.3, 0.4) is 0 Å². The third-order valence-corrected chi connectivity index (χ3v) is 3.31. The van der Waals surface area contributed by atoms with Gasteiger partial charge in [0.15, 0.2) is 0 Å². The van der Waals surface area contributed by atoms with E-state index in [0.717, 1.165) is 5.33 Å². The topological polar surface area (TPSA) is 101 Å². The van der Waals surface area contributed by atoms with Crippen molar-refractivity contribution in [1.82, 2.24) is 5.06 Å². The molecule has 1 rings (SSSR count). The molecular formula is C15H24BrNO8. The molecule has 0 N–H and O–H groups in total. The summed E-state index contributed by atoms with van der Waals surface area (Å²) in [4.78, 5) is 38.7. The second-order valence-corrected chi connectivity index (χ2v) is 5.73. The van der Waals surface area contributed by atoms with Gasteiger partial charge in [-0.1, -0.05) is 15.9 Å². The van der Waals surface area contributed by atoms with Crippen LogP contribution in [0.5, 0.6) is 0 Å². The van der Waals surface area contributed by atoms with Crippen LogP contribution in [0.1, 0.15) is 19.3 Å². The Morgan fingerprint density at radius 3 is 1.72 bits per heavy atom. The highest BCUT2D eigenvalue weighted by atomic mass is 79.9. The molecule has 9 nitrogen and oxygen atoms in total. The Hall–Kier alpha value is -1.07. The number of carbonyl (C=O) groups excluding carboxylic acids is 3. The molecule has 0 radical (unpaired) electrons. The molecule has 0 bridgehead atoms. The van der Waals surface area contributed by atoms with Gasteiger partial charge in [-0.3, -0.25) is 9.59 Å². The van der Waals surface area contributed by atoms with Crippen LogP contribution in [-0.4, -0.2) is 81.0 Å². The quantitative estimate of drug-likeness (QED) is 0.211. The maximum atomic E-state index is 11.5. The fourth-order valence-corrected chi connectivity index (χ4v) is 2.01. The molecule has 1 heterocycles. The van der Waals surface area contributed by atoms with E-state index in [2.05, 4.69) is 15.9 Å². The molecule has 144 valence electrons. The Balaban J connectivity index is 1.84. The third-order valence-electron chi connectivity index (χ3n) is 2.99. The van der Waals surface area contributed by atoms with Gasteiger partial charge in [0.05, 0.1) is 59.3 Å². The number of alkyl halides is 1. The van der Waals surface area contributed by atoms with Gasteiger partial charge in [0.25, 0.3) is 11.8 Å². The summed E-state index contributed by atoms with van der Waals surface area (Å²) < 4.78 is 21.0. The van der Waals surface area contributed by atoms with E-state index in [9.17, 15) is 14.4 Å². The number of imide groups is 1. The van der Waals surface area contributed by atoms with Gasteiger partial charge < -0.3 is 23.8 Å². The van der Waals surface area contributed by atoms with Crippen molar-refractivity contribution in [3.63, 3.8) is 0 Å². The van der Waals surface area contributed by atoms with E-state index in [4.69, 9.17) is 23.8 Å². The number of hydroxylamine groups is 2. The second kappa shape index (κ2) is 14.1. The fraction of sp³-hybridized carbons (Fsp3) is 0.800. The summed E-state index contributed by atoms with van der Waals surface area (Å²) in [6, 6.07) is 0. The molecule has 1 aliphatic rings. The van der Waals surface area contributed by atoms with E-state index in [0.29, 0.717) is 51.3 Å². The molecule has 0 spiro atoms. The Labute approximate surface area is 154 Å². The van der Waals surface area contributed by atoms with Crippen molar-refractivity contribution in [2.45, 2.75) is 19.3 Å². The smallest absolute Gasteiger partial charge is 0.335 e. The lowest BCUT2D eigenvalue weighted by Crippen LogP contribution is -2.32. The summed E-state index contributed by atoms with van der Waals surface area (Å²) in [5, 5.41) is 1.33. The summed E-state index contributed by atoms with van der Waals surface area (Å²) in [6.07, 6.45) is 0.107. The molecule has 10 heteroatoms. The molecule has 25 heavy (non-hydrogen) atoms. The van der Waals surface area contributed by atoms with E-state index < -0.39 is 17.8 Å². The average molecular weight is 426 g/mol. The number of hydrogen-bond donors (Lipinski definition) is 0. The van der Waals surface area contributed by atoms with Gasteiger partial charge in [-0.15, -0.1) is 5.06 Å².